The summed E-state index contributed by atoms with van der Waals surface area (Å²) in [5.41, 5.74) is -0.903. The number of carbonyl (C=O) groups is 3. The summed E-state index contributed by atoms with van der Waals surface area (Å²) in [6.45, 7) is 5.04. The van der Waals surface area contributed by atoms with Crippen LogP contribution in [-0.4, -0.2) is 54.0 Å². The molecule has 0 aromatic heterocycles. The number of unbranched alkanes of at least 4 members (excludes halogenated alkanes) is 1. The third kappa shape index (κ3) is 15.1. The molecule has 126 valence electrons. The van der Waals surface area contributed by atoms with E-state index in [4.69, 9.17) is 15.3 Å². The van der Waals surface area contributed by atoms with E-state index in [2.05, 4.69) is 0 Å². The average Bonchev–Trinajstić information content (AvgIpc) is 2.54. The van der Waals surface area contributed by atoms with E-state index >= 15 is 0 Å². The molecule has 0 radical (unpaired) electrons. The average molecular weight is 306 g/mol. The lowest BCUT2D eigenvalue weighted by molar-refractivity contribution is -0.121. The van der Waals surface area contributed by atoms with Gasteiger partial charge < -0.3 is 29.7 Å². The van der Waals surface area contributed by atoms with Crippen LogP contribution < -0.4 is 0 Å². The quantitative estimate of drug-likeness (QED) is 0.542. The fourth-order valence-corrected chi connectivity index (χ4v) is 0.818. The SMILES string of the molecule is CCC(C=O)(CO)CO.CCC(C=O)CO.CCCC=O. The summed E-state index contributed by atoms with van der Waals surface area (Å²) in [6, 6.07) is 0. The van der Waals surface area contributed by atoms with E-state index in [1.165, 1.54) is 0 Å². The number of aliphatic hydroxyl groups is 3. The fourth-order valence-electron chi connectivity index (χ4n) is 0.818. The van der Waals surface area contributed by atoms with Crippen molar-refractivity contribution in [1.82, 2.24) is 0 Å². The van der Waals surface area contributed by atoms with Gasteiger partial charge in [-0.05, 0) is 19.3 Å². The van der Waals surface area contributed by atoms with Crippen molar-refractivity contribution in [3.8, 4) is 0 Å². The lowest BCUT2D eigenvalue weighted by atomic mass is 9.89. The van der Waals surface area contributed by atoms with Crippen molar-refractivity contribution in [1.29, 1.82) is 0 Å². The first-order valence-corrected chi connectivity index (χ1v) is 7.18. The molecule has 0 aliphatic rings. The zero-order valence-electron chi connectivity index (χ0n) is 13.3. The van der Waals surface area contributed by atoms with Crippen LogP contribution in [0.5, 0.6) is 0 Å². The smallest absolute Gasteiger partial charge is 0.130 e. The first-order valence-electron chi connectivity index (χ1n) is 7.18. The molecule has 0 fully saturated rings. The molecule has 6 nitrogen and oxygen atoms in total. The van der Waals surface area contributed by atoms with Crippen LogP contribution in [0.2, 0.25) is 0 Å². The molecule has 0 aromatic carbocycles. The molecule has 1 atom stereocenters. The highest BCUT2D eigenvalue weighted by atomic mass is 16.3. The Morgan fingerprint density at radius 2 is 1.52 bits per heavy atom. The van der Waals surface area contributed by atoms with E-state index in [1.807, 2.05) is 13.8 Å². The molecule has 0 rings (SSSR count). The zero-order valence-corrected chi connectivity index (χ0v) is 13.3. The molecular formula is C15H30O6. The molecule has 3 N–H and O–H groups in total. The van der Waals surface area contributed by atoms with Crippen LogP contribution >= 0.6 is 0 Å². The van der Waals surface area contributed by atoms with Gasteiger partial charge in [-0.3, -0.25) is 0 Å². The predicted octanol–water partition coefficient (Wildman–Crippen LogP) is 0.755. The maximum atomic E-state index is 10.2. The van der Waals surface area contributed by atoms with E-state index in [0.29, 0.717) is 19.1 Å². The highest BCUT2D eigenvalue weighted by Gasteiger charge is 2.25. The number of hydrogen-bond donors (Lipinski definition) is 3. The molecule has 0 amide bonds. The summed E-state index contributed by atoms with van der Waals surface area (Å²) in [5.74, 6) is -0.139. The molecule has 0 aliphatic heterocycles. The normalized spacial score (nSPS) is 11.1. The number of rotatable bonds is 9. The summed E-state index contributed by atoms with van der Waals surface area (Å²) in [4.78, 5) is 29.4. The first-order chi connectivity index (χ1) is 10.0. The van der Waals surface area contributed by atoms with Crippen LogP contribution in [0, 0.1) is 11.3 Å². The molecule has 6 heteroatoms. The van der Waals surface area contributed by atoms with Gasteiger partial charge in [0.25, 0.3) is 0 Å². The largest absolute Gasteiger partial charge is 0.396 e. The zero-order chi connectivity index (χ0) is 17.1. The minimum Gasteiger partial charge on any atom is -0.396 e. The van der Waals surface area contributed by atoms with Crippen molar-refractivity contribution in [2.45, 2.75) is 46.5 Å². The Morgan fingerprint density at radius 1 is 1.00 bits per heavy atom. The predicted molar refractivity (Wildman–Crippen MR) is 80.9 cm³/mol. The highest BCUT2D eigenvalue weighted by molar-refractivity contribution is 5.59. The van der Waals surface area contributed by atoms with Gasteiger partial charge in [0.15, 0.2) is 0 Å². The van der Waals surface area contributed by atoms with Crippen molar-refractivity contribution < 1.29 is 29.7 Å². The van der Waals surface area contributed by atoms with Crippen molar-refractivity contribution in [2.24, 2.45) is 11.3 Å². The lowest BCUT2D eigenvalue weighted by Gasteiger charge is -2.19. The molecule has 0 saturated heterocycles. The Hall–Kier alpha value is -1.11. The van der Waals surface area contributed by atoms with Gasteiger partial charge in [0.1, 0.15) is 18.9 Å². The van der Waals surface area contributed by atoms with Crippen LogP contribution in [0.3, 0.4) is 0 Å². The second kappa shape index (κ2) is 18.9. The van der Waals surface area contributed by atoms with Crippen LogP contribution in [0.1, 0.15) is 46.5 Å². The van der Waals surface area contributed by atoms with Crippen LogP contribution in [-0.2, 0) is 14.4 Å². The van der Waals surface area contributed by atoms with Gasteiger partial charge >= 0.3 is 0 Å². The maximum Gasteiger partial charge on any atom is 0.130 e. The van der Waals surface area contributed by atoms with Gasteiger partial charge in [-0.25, -0.2) is 0 Å². The van der Waals surface area contributed by atoms with Gasteiger partial charge in [-0.15, -0.1) is 0 Å². The standard InChI is InChI=1S/C6H12O3.C5H10O2.C4H8O/c1-2-6(3-7,4-8)5-9;1-2-5(3-6)4-7;1-2-3-4-5/h3,8-9H,2,4-5H2,1H3;3,5,7H,2,4H2,1H3;4H,2-3H2,1H3. The van der Waals surface area contributed by atoms with E-state index in [-0.39, 0.29) is 25.7 Å². The topological polar surface area (TPSA) is 112 Å². The third-order valence-electron chi connectivity index (χ3n) is 2.94. The Morgan fingerprint density at radius 3 is 1.52 bits per heavy atom. The first kappa shape index (κ1) is 24.9. The van der Waals surface area contributed by atoms with Crippen LogP contribution in [0.25, 0.3) is 0 Å². The number of aliphatic hydroxyl groups excluding tert-OH is 3. The molecule has 0 saturated carbocycles. The summed E-state index contributed by atoms with van der Waals surface area (Å²) < 4.78 is 0. The fraction of sp³-hybridized carbons (Fsp3) is 0.800. The molecule has 0 aromatic rings. The van der Waals surface area contributed by atoms with Crippen LogP contribution in [0.15, 0.2) is 0 Å². The third-order valence-corrected chi connectivity index (χ3v) is 2.94. The van der Waals surface area contributed by atoms with Gasteiger partial charge in [0.2, 0.25) is 0 Å². The monoisotopic (exact) mass is 306 g/mol. The summed E-state index contributed by atoms with van der Waals surface area (Å²) in [7, 11) is 0. The second-order valence-electron chi connectivity index (χ2n) is 4.59. The summed E-state index contributed by atoms with van der Waals surface area (Å²) in [5, 5.41) is 25.5. The van der Waals surface area contributed by atoms with Crippen molar-refractivity contribution in [2.75, 3.05) is 19.8 Å². The highest BCUT2D eigenvalue weighted by Crippen LogP contribution is 2.15. The van der Waals surface area contributed by atoms with E-state index in [1.54, 1.807) is 6.92 Å². The molecular weight excluding hydrogens is 276 g/mol. The maximum absolute atomic E-state index is 10.2. The number of carbonyl (C=O) groups excluding carboxylic acids is 3. The number of hydrogen-bond acceptors (Lipinski definition) is 6. The van der Waals surface area contributed by atoms with Crippen molar-refractivity contribution in [3.63, 3.8) is 0 Å². The molecule has 1 unspecified atom stereocenters. The lowest BCUT2D eigenvalue weighted by Crippen LogP contribution is -2.30. The Balaban J connectivity index is -0.000000242. The van der Waals surface area contributed by atoms with Gasteiger partial charge in [-0.2, -0.15) is 0 Å². The van der Waals surface area contributed by atoms with Crippen LogP contribution in [0.4, 0.5) is 0 Å². The van der Waals surface area contributed by atoms with Gasteiger partial charge in [-0.1, -0.05) is 20.8 Å². The van der Waals surface area contributed by atoms with Gasteiger partial charge in [0.05, 0.1) is 25.2 Å². The molecule has 21 heavy (non-hydrogen) atoms. The Labute approximate surface area is 127 Å². The van der Waals surface area contributed by atoms with E-state index < -0.39 is 5.41 Å². The van der Waals surface area contributed by atoms with Crippen molar-refractivity contribution >= 4 is 18.9 Å². The minimum atomic E-state index is -0.903. The molecule has 0 heterocycles. The van der Waals surface area contributed by atoms with E-state index in [0.717, 1.165) is 25.4 Å². The minimum absolute atomic E-state index is 0.0139. The van der Waals surface area contributed by atoms with E-state index in [9.17, 15) is 14.4 Å². The summed E-state index contributed by atoms with van der Waals surface area (Å²) in [6.07, 6.45) is 5.21. The summed E-state index contributed by atoms with van der Waals surface area (Å²) >= 11 is 0. The Bertz CT molecular complexity index is 226. The van der Waals surface area contributed by atoms with Crippen molar-refractivity contribution in [3.05, 3.63) is 0 Å². The van der Waals surface area contributed by atoms with Gasteiger partial charge in [0, 0.05) is 12.3 Å². The Kier molecular flexibility index (Phi) is 22.4. The second-order valence-corrected chi connectivity index (χ2v) is 4.59. The number of aldehydes is 3. The molecule has 0 aliphatic carbocycles. The molecule has 0 spiro atoms. The molecule has 0 bridgehead atoms.